The van der Waals surface area contributed by atoms with Gasteiger partial charge in [-0.1, -0.05) is 0 Å². The van der Waals surface area contributed by atoms with Gasteiger partial charge >= 0.3 is 7.32 Å². The van der Waals surface area contributed by atoms with Crippen molar-refractivity contribution >= 4 is 7.32 Å². The van der Waals surface area contributed by atoms with Crippen LogP contribution in [0, 0.1) is 0 Å². The molecule has 10 heavy (non-hydrogen) atoms. The van der Waals surface area contributed by atoms with E-state index in [4.69, 9.17) is 10.0 Å². The van der Waals surface area contributed by atoms with Gasteiger partial charge in [-0.25, -0.2) is 22.9 Å². The van der Waals surface area contributed by atoms with Crippen LogP contribution in [0.2, 0.25) is 0 Å². The van der Waals surface area contributed by atoms with Gasteiger partial charge in [0.25, 0.3) is 12.8 Å². The van der Waals surface area contributed by atoms with Crippen LogP contribution in [0.4, 0.5) is 13.2 Å². The van der Waals surface area contributed by atoms with E-state index in [1.807, 2.05) is 0 Å². The molecule has 0 aliphatic carbocycles. The van der Waals surface area contributed by atoms with E-state index in [0.29, 0.717) is 0 Å². The Morgan fingerprint density at radius 1 is 1.20 bits per heavy atom. The van der Waals surface area contributed by atoms with Gasteiger partial charge in [0, 0.05) is 0 Å². The fraction of sp³-hybridized carbons (Fsp3) is 1.00. The topological polar surface area (TPSA) is 58.9 Å². The summed E-state index contributed by atoms with van der Waals surface area (Å²) in [5, 5.41) is 15.6. The van der Waals surface area contributed by atoms with Crippen LogP contribution in [-0.4, -0.2) is 30.2 Å². The fourth-order valence-corrected chi connectivity index (χ4v) is 0.145. The van der Waals surface area contributed by atoms with Gasteiger partial charge in [0.1, 0.15) is 0 Å². The Labute approximate surface area is 54.3 Å². The maximum absolute atomic E-state index is 11.6. The van der Waals surface area contributed by atoms with E-state index < -0.39 is 20.1 Å². The molecular formula is C2H4BF3O4. The Kier molecular flexibility index (Phi) is 4.36. The summed E-state index contributed by atoms with van der Waals surface area (Å²) in [5.41, 5.74) is 0. The lowest BCUT2D eigenvalue weighted by Crippen LogP contribution is -2.24. The standard InChI is InChI=1S/C2H4BF3O4/c4-1(5)2(6)9-10-3(7)8/h1-2,7-8H. The van der Waals surface area contributed by atoms with E-state index >= 15 is 0 Å². The summed E-state index contributed by atoms with van der Waals surface area (Å²) in [6, 6.07) is 0. The summed E-state index contributed by atoms with van der Waals surface area (Å²) in [5.74, 6) is 0. The van der Waals surface area contributed by atoms with Crippen molar-refractivity contribution in [3.8, 4) is 0 Å². The molecule has 0 aliphatic heterocycles. The Morgan fingerprint density at radius 2 is 1.70 bits per heavy atom. The van der Waals surface area contributed by atoms with Gasteiger partial charge < -0.3 is 10.0 Å². The molecule has 0 amide bonds. The smallest absolute Gasteiger partial charge is 0.400 e. The van der Waals surface area contributed by atoms with Gasteiger partial charge in [0.15, 0.2) is 0 Å². The van der Waals surface area contributed by atoms with Crippen molar-refractivity contribution in [1.82, 2.24) is 0 Å². The van der Waals surface area contributed by atoms with Gasteiger partial charge in [-0.15, -0.1) is 0 Å². The number of hydrogen-bond donors (Lipinski definition) is 2. The van der Waals surface area contributed by atoms with Gasteiger partial charge in [-0.2, -0.15) is 0 Å². The molecular weight excluding hydrogens is 156 g/mol. The van der Waals surface area contributed by atoms with E-state index in [-0.39, 0.29) is 0 Å². The summed E-state index contributed by atoms with van der Waals surface area (Å²) in [4.78, 5) is 6.37. The first-order valence-electron chi connectivity index (χ1n) is 2.14. The molecule has 0 saturated heterocycles. The van der Waals surface area contributed by atoms with Gasteiger partial charge in [-0.05, 0) is 0 Å². The van der Waals surface area contributed by atoms with Crippen molar-refractivity contribution in [1.29, 1.82) is 0 Å². The number of hydrogen-bond acceptors (Lipinski definition) is 4. The lowest BCUT2D eigenvalue weighted by molar-refractivity contribution is -0.327. The molecule has 1 atom stereocenters. The molecule has 2 N–H and O–H groups in total. The van der Waals surface area contributed by atoms with E-state index in [1.54, 1.807) is 0 Å². The van der Waals surface area contributed by atoms with Crippen LogP contribution in [0.5, 0.6) is 0 Å². The molecule has 4 nitrogen and oxygen atoms in total. The molecule has 0 aliphatic rings. The lowest BCUT2D eigenvalue weighted by atomic mass is 10.3. The van der Waals surface area contributed by atoms with E-state index in [0.717, 1.165) is 0 Å². The number of halogens is 3. The SMILES string of the molecule is OB(O)OOC(F)C(F)F. The molecule has 0 heterocycles. The van der Waals surface area contributed by atoms with Crippen molar-refractivity contribution in [2.45, 2.75) is 12.8 Å². The van der Waals surface area contributed by atoms with Crippen LogP contribution in [0.25, 0.3) is 0 Å². The van der Waals surface area contributed by atoms with Crippen molar-refractivity contribution < 1.29 is 32.9 Å². The minimum absolute atomic E-state index is 2.42. The Morgan fingerprint density at radius 3 is 2.00 bits per heavy atom. The zero-order chi connectivity index (χ0) is 8.15. The van der Waals surface area contributed by atoms with Crippen molar-refractivity contribution in [2.75, 3.05) is 0 Å². The fourth-order valence-electron chi connectivity index (χ4n) is 0.145. The third-order valence-electron chi connectivity index (χ3n) is 0.432. The maximum atomic E-state index is 11.6. The van der Waals surface area contributed by atoms with Crippen LogP contribution >= 0.6 is 0 Å². The molecule has 0 saturated carbocycles. The highest BCUT2D eigenvalue weighted by molar-refractivity contribution is 6.32. The van der Waals surface area contributed by atoms with Crippen LogP contribution in [0.15, 0.2) is 0 Å². The zero-order valence-electron chi connectivity index (χ0n) is 4.58. The highest BCUT2D eigenvalue weighted by atomic mass is 19.3. The molecule has 0 aromatic heterocycles. The molecule has 60 valence electrons. The Bertz CT molecular complexity index is 90.6. The van der Waals surface area contributed by atoms with Crippen LogP contribution < -0.4 is 0 Å². The largest absolute Gasteiger partial charge is 0.662 e. The van der Waals surface area contributed by atoms with Gasteiger partial charge in [-0.3, -0.25) is 0 Å². The predicted octanol–water partition coefficient (Wildman–Crippen LogP) is -0.535. The van der Waals surface area contributed by atoms with Crippen LogP contribution in [-0.2, 0) is 9.69 Å². The first-order chi connectivity index (χ1) is 4.54. The number of rotatable bonds is 4. The predicted molar refractivity (Wildman–Crippen MR) is 23.3 cm³/mol. The normalized spacial score (nSPS) is 13.8. The average Bonchev–Trinajstić information content (AvgIpc) is 1.82. The van der Waals surface area contributed by atoms with Crippen molar-refractivity contribution in [3.05, 3.63) is 0 Å². The summed E-state index contributed by atoms with van der Waals surface area (Å²) in [6.07, 6.45) is -6.35. The molecule has 0 radical (unpaired) electrons. The van der Waals surface area contributed by atoms with Crippen molar-refractivity contribution in [3.63, 3.8) is 0 Å². The quantitative estimate of drug-likeness (QED) is 0.329. The van der Waals surface area contributed by atoms with E-state index in [2.05, 4.69) is 9.69 Å². The second kappa shape index (κ2) is 4.50. The summed E-state index contributed by atoms with van der Waals surface area (Å²) >= 11 is 0. The monoisotopic (exact) mass is 160 g/mol. The molecule has 0 aromatic rings. The highest BCUT2D eigenvalue weighted by Crippen LogP contribution is 2.06. The highest BCUT2D eigenvalue weighted by Gasteiger charge is 2.23. The molecule has 0 spiro atoms. The first kappa shape index (κ1) is 9.69. The summed E-state index contributed by atoms with van der Waals surface area (Å²) in [7, 11) is -2.42. The second-order valence-corrected chi connectivity index (χ2v) is 1.20. The first-order valence-corrected chi connectivity index (χ1v) is 2.14. The van der Waals surface area contributed by atoms with Gasteiger partial charge in [0.05, 0.1) is 0 Å². The molecule has 0 fully saturated rings. The number of alkyl halides is 3. The van der Waals surface area contributed by atoms with E-state index in [9.17, 15) is 13.2 Å². The Balaban J connectivity index is 3.30. The third kappa shape index (κ3) is 4.56. The Hall–Kier alpha value is -0.305. The second-order valence-electron chi connectivity index (χ2n) is 1.20. The zero-order valence-corrected chi connectivity index (χ0v) is 4.58. The van der Waals surface area contributed by atoms with Crippen LogP contribution in [0.1, 0.15) is 0 Å². The summed E-state index contributed by atoms with van der Waals surface area (Å²) in [6.45, 7) is 0. The molecule has 0 bridgehead atoms. The minimum atomic E-state index is -3.38. The molecule has 8 heteroatoms. The average molecular weight is 160 g/mol. The van der Waals surface area contributed by atoms with Gasteiger partial charge in [0.2, 0.25) is 0 Å². The molecule has 1 unspecified atom stereocenters. The maximum Gasteiger partial charge on any atom is 0.662 e. The van der Waals surface area contributed by atoms with Crippen LogP contribution in [0.3, 0.4) is 0 Å². The van der Waals surface area contributed by atoms with Crippen molar-refractivity contribution in [2.24, 2.45) is 0 Å². The minimum Gasteiger partial charge on any atom is -0.400 e. The summed E-state index contributed by atoms with van der Waals surface area (Å²) < 4.78 is 33.8. The molecule has 0 aromatic carbocycles. The third-order valence-corrected chi connectivity index (χ3v) is 0.432. The lowest BCUT2D eigenvalue weighted by Gasteiger charge is -2.05. The molecule has 0 rings (SSSR count). The van der Waals surface area contributed by atoms with E-state index in [1.165, 1.54) is 0 Å².